The van der Waals surface area contributed by atoms with Gasteiger partial charge < -0.3 is 19.7 Å². The van der Waals surface area contributed by atoms with Crippen molar-refractivity contribution < 1.29 is 23.9 Å². The number of nitrogens with zero attached hydrogens (tertiary/aromatic N) is 2. The molecule has 0 aliphatic carbocycles. The van der Waals surface area contributed by atoms with Crippen molar-refractivity contribution in [2.75, 3.05) is 51.3 Å². The van der Waals surface area contributed by atoms with E-state index < -0.39 is 6.10 Å². The summed E-state index contributed by atoms with van der Waals surface area (Å²) in [5.41, 5.74) is 1.05. The van der Waals surface area contributed by atoms with E-state index in [0.717, 1.165) is 39.3 Å². The van der Waals surface area contributed by atoms with Crippen molar-refractivity contribution in [3.63, 3.8) is 0 Å². The zero-order valence-corrected chi connectivity index (χ0v) is 17.1. The second kappa shape index (κ2) is 9.84. The van der Waals surface area contributed by atoms with Crippen molar-refractivity contribution in [2.45, 2.75) is 32.3 Å². The van der Waals surface area contributed by atoms with E-state index in [1.54, 1.807) is 32.2 Å². The first-order valence-corrected chi connectivity index (χ1v) is 10.1. The van der Waals surface area contributed by atoms with Crippen LogP contribution in [0.4, 0.5) is 5.69 Å². The third-order valence-electron chi connectivity index (χ3n) is 5.28. The number of ketones is 1. The highest BCUT2D eigenvalue weighted by atomic mass is 16.5. The van der Waals surface area contributed by atoms with Gasteiger partial charge in [-0.25, -0.2) is 0 Å². The molecule has 3 rings (SSSR count). The van der Waals surface area contributed by atoms with Gasteiger partial charge in [-0.15, -0.1) is 0 Å². The van der Waals surface area contributed by atoms with Crippen LogP contribution < -0.4 is 15.0 Å². The maximum Gasteiger partial charge on any atom is 0.267 e. The molecule has 1 atom stereocenters. The van der Waals surface area contributed by atoms with Gasteiger partial charge in [0.1, 0.15) is 5.75 Å². The number of hydrogen-bond donors (Lipinski definition) is 1. The molecule has 2 aliphatic rings. The van der Waals surface area contributed by atoms with Crippen LogP contribution in [0.15, 0.2) is 18.2 Å². The summed E-state index contributed by atoms with van der Waals surface area (Å²) in [4.78, 5) is 40.4. The molecule has 0 radical (unpaired) electrons. The molecule has 2 amide bonds. The number of amides is 2. The first-order valence-electron chi connectivity index (χ1n) is 10.1. The van der Waals surface area contributed by atoms with Crippen LogP contribution in [0.2, 0.25) is 0 Å². The molecule has 29 heavy (non-hydrogen) atoms. The van der Waals surface area contributed by atoms with Crippen LogP contribution in [0.1, 0.15) is 36.5 Å². The van der Waals surface area contributed by atoms with Crippen molar-refractivity contribution in [3.05, 3.63) is 23.8 Å². The normalized spacial score (nSPS) is 19.4. The Balaban J connectivity index is 1.42. The van der Waals surface area contributed by atoms with Gasteiger partial charge in [-0.1, -0.05) is 0 Å². The Morgan fingerprint density at radius 1 is 1.21 bits per heavy atom. The first kappa shape index (κ1) is 21.3. The average Bonchev–Trinajstić information content (AvgIpc) is 2.74. The zero-order chi connectivity index (χ0) is 20.8. The smallest absolute Gasteiger partial charge is 0.267 e. The summed E-state index contributed by atoms with van der Waals surface area (Å²) in [6, 6.07) is 5.03. The van der Waals surface area contributed by atoms with E-state index in [1.165, 1.54) is 4.90 Å². The maximum absolute atomic E-state index is 12.5. The Kier molecular flexibility index (Phi) is 7.22. The summed E-state index contributed by atoms with van der Waals surface area (Å²) < 4.78 is 10.9. The van der Waals surface area contributed by atoms with E-state index in [-0.39, 0.29) is 30.4 Å². The standard InChI is InChI=1S/C21H29N3O5/c1-15-21(27)23(2)17-14-16(4-6-19(17)29-15)18(25)5-7-20(26)22-8-3-9-24-10-12-28-13-11-24/h4,6,14-15H,3,5,7-13H2,1-2H3,(H,22,26). The number of morpholine rings is 1. The van der Waals surface area contributed by atoms with Crippen molar-refractivity contribution in [3.8, 4) is 5.75 Å². The summed E-state index contributed by atoms with van der Waals surface area (Å²) in [6.07, 6.45) is 0.614. The number of hydrogen-bond acceptors (Lipinski definition) is 6. The summed E-state index contributed by atoms with van der Waals surface area (Å²) in [5, 5.41) is 2.87. The van der Waals surface area contributed by atoms with Crippen LogP contribution in [-0.4, -0.2) is 75.0 Å². The number of rotatable bonds is 8. The number of carbonyl (C=O) groups excluding carboxylic acids is 3. The molecule has 1 aromatic rings. The van der Waals surface area contributed by atoms with Crippen molar-refractivity contribution in [1.29, 1.82) is 0 Å². The van der Waals surface area contributed by atoms with Gasteiger partial charge in [0.15, 0.2) is 11.9 Å². The number of ether oxygens (including phenoxy) is 2. The molecule has 1 unspecified atom stereocenters. The van der Waals surface area contributed by atoms with Gasteiger partial charge in [0, 0.05) is 45.1 Å². The number of fused-ring (bicyclic) bond motifs is 1. The Hall–Kier alpha value is -2.45. The summed E-state index contributed by atoms with van der Waals surface area (Å²) in [6.45, 7) is 6.65. The minimum Gasteiger partial charge on any atom is -0.479 e. The molecule has 0 bridgehead atoms. The summed E-state index contributed by atoms with van der Waals surface area (Å²) >= 11 is 0. The molecule has 0 aromatic heterocycles. The van der Waals surface area contributed by atoms with Crippen molar-refractivity contribution in [1.82, 2.24) is 10.2 Å². The lowest BCUT2D eigenvalue weighted by molar-refractivity contribution is -0.125. The van der Waals surface area contributed by atoms with E-state index in [2.05, 4.69) is 10.2 Å². The van der Waals surface area contributed by atoms with Crippen molar-refractivity contribution in [2.24, 2.45) is 0 Å². The third kappa shape index (κ3) is 5.55. The molecule has 8 heteroatoms. The Labute approximate surface area is 171 Å². The van der Waals surface area contributed by atoms with Crippen LogP contribution in [0, 0.1) is 0 Å². The van der Waals surface area contributed by atoms with E-state index in [0.29, 0.717) is 23.5 Å². The van der Waals surface area contributed by atoms with E-state index in [9.17, 15) is 14.4 Å². The molecule has 1 N–H and O–H groups in total. The second-order valence-electron chi connectivity index (χ2n) is 7.42. The highest BCUT2D eigenvalue weighted by molar-refractivity contribution is 6.03. The number of likely N-dealkylation sites (N-methyl/N-ethyl adjacent to an activating group) is 1. The van der Waals surface area contributed by atoms with Gasteiger partial charge in [0.25, 0.3) is 5.91 Å². The van der Waals surface area contributed by atoms with Crippen LogP contribution in [0.3, 0.4) is 0 Å². The lowest BCUT2D eigenvalue weighted by Gasteiger charge is -2.30. The third-order valence-corrected chi connectivity index (χ3v) is 5.28. The molecule has 2 aliphatic heterocycles. The molecule has 0 saturated carbocycles. The molecule has 1 aromatic carbocycles. The maximum atomic E-state index is 12.5. The number of benzene rings is 1. The highest BCUT2D eigenvalue weighted by Crippen LogP contribution is 2.34. The fourth-order valence-corrected chi connectivity index (χ4v) is 3.50. The van der Waals surface area contributed by atoms with Crippen LogP contribution >= 0.6 is 0 Å². The first-order chi connectivity index (χ1) is 14.0. The van der Waals surface area contributed by atoms with Gasteiger partial charge in [-0.05, 0) is 38.1 Å². The van der Waals surface area contributed by atoms with E-state index in [4.69, 9.17) is 9.47 Å². The molecular formula is C21H29N3O5. The quantitative estimate of drug-likeness (QED) is 0.519. The average molecular weight is 403 g/mol. The highest BCUT2D eigenvalue weighted by Gasteiger charge is 2.29. The Morgan fingerprint density at radius 3 is 2.72 bits per heavy atom. The van der Waals surface area contributed by atoms with Gasteiger partial charge in [0.2, 0.25) is 5.91 Å². The Morgan fingerprint density at radius 2 is 1.97 bits per heavy atom. The number of anilines is 1. The van der Waals surface area contributed by atoms with Gasteiger partial charge in [-0.2, -0.15) is 0 Å². The van der Waals surface area contributed by atoms with E-state index in [1.807, 2.05) is 0 Å². The fourth-order valence-electron chi connectivity index (χ4n) is 3.50. The fraction of sp³-hybridized carbons (Fsp3) is 0.571. The SMILES string of the molecule is CC1Oc2ccc(C(=O)CCC(=O)NCCCN3CCOCC3)cc2N(C)C1=O. The Bertz CT molecular complexity index is 761. The van der Waals surface area contributed by atoms with Crippen LogP contribution in [-0.2, 0) is 14.3 Å². The molecule has 1 fully saturated rings. The summed E-state index contributed by atoms with van der Waals surface area (Å²) in [5.74, 6) is 0.172. The van der Waals surface area contributed by atoms with Crippen LogP contribution in [0.5, 0.6) is 5.75 Å². The van der Waals surface area contributed by atoms with Crippen LogP contribution in [0.25, 0.3) is 0 Å². The van der Waals surface area contributed by atoms with Gasteiger partial charge in [-0.3, -0.25) is 19.3 Å². The lowest BCUT2D eigenvalue weighted by atomic mass is 10.0. The topological polar surface area (TPSA) is 88.2 Å². The monoisotopic (exact) mass is 403 g/mol. The minimum atomic E-state index is -0.541. The molecule has 0 spiro atoms. The minimum absolute atomic E-state index is 0.122. The molecule has 2 heterocycles. The summed E-state index contributed by atoms with van der Waals surface area (Å²) in [7, 11) is 1.67. The number of carbonyl (C=O) groups is 3. The predicted octanol–water partition coefficient (Wildman–Crippen LogP) is 1.23. The van der Waals surface area contributed by atoms with Gasteiger partial charge in [0.05, 0.1) is 18.9 Å². The van der Waals surface area contributed by atoms with Crippen molar-refractivity contribution >= 4 is 23.3 Å². The van der Waals surface area contributed by atoms with E-state index >= 15 is 0 Å². The number of nitrogens with one attached hydrogen (secondary N) is 1. The molecular weight excluding hydrogens is 374 g/mol. The largest absolute Gasteiger partial charge is 0.479 e. The number of Topliss-reactive ketones (excluding diaryl/α,β-unsaturated/α-hetero) is 1. The second-order valence-corrected chi connectivity index (χ2v) is 7.42. The lowest BCUT2D eigenvalue weighted by Crippen LogP contribution is -2.42. The van der Waals surface area contributed by atoms with Gasteiger partial charge >= 0.3 is 0 Å². The predicted molar refractivity (Wildman–Crippen MR) is 108 cm³/mol. The molecule has 158 valence electrons. The zero-order valence-electron chi connectivity index (χ0n) is 17.1. The molecule has 1 saturated heterocycles. The molecule has 8 nitrogen and oxygen atoms in total.